The van der Waals surface area contributed by atoms with Crippen LogP contribution in [-0.2, 0) is 4.79 Å². The molecule has 27 heavy (non-hydrogen) atoms. The number of alkyl halides is 3. The third-order valence-corrected chi connectivity index (χ3v) is 3.88. The molecule has 0 spiro atoms. The van der Waals surface area contributed by atoms with E-state index in [1.165, 1.54) is 24.3 Å². The van der Waals surface area contributed by atoms with Gasteiger partial charge in [0, 0.05) is 22.9 Å². The molecule has 0 bridgehead atoms. The van der Waals surface area contributed by atoms with E-state index in [-0.39, 0.29) is 12.5 Å². The molecule has 2 amide bonds. The normalized spacial score (nSPS) is 14.1. The molecule has 140 valence electrons. The summed E-state index contributed by atoms with van der Waals surface area (Å²) in [5.41, 5.74) is 0.899. The van der Waals surface area contributed by atoms with Crippen molar-refractivity contribution in [1.82, 2.24) is 0 Å². The first-order chi connectivity index (χ1) is 12.7. The number of carbonyl (C=O) groups is 2. The summed E-state index contributed by atoms with van der Waals surface area (Å²) in [4.78, 5) is 23.6. The van der Waals surface area contributed by atoms with Crippen LogP contribution >= 0.6 is 0 Å². The van der Waals surface area contributed by atoms with Gasteiger partial charge in [0.15, 0.2) is 6.61 Å². The Labute approximate surface area is 152 Å². The zero-order chi connectivity index (χ0) is 19.6. The maximum Gasteiger partial charge on any atom is 0.412 e. The number of benzene rings is 2. The van der Waals surface area contributed by atoms with Crippen molar-refractivity contribution >= 4 is 29.3 Å². The molecular formula is C19H15F3N2O3. The van der Waals surface area contributed by atoms with E-state index in [0.717, 1.165) is 13.0 Å². The topological polar surface area (TPSA) is 67.4 Å². The van der Waals surface area contributed by atoms with Crippen LogP contribution in [0.15, 0.2) is 48.0 Å². The highest BCUT2D eigenvalue weighted by molar-refractivity contribution is 6.05. The van der Waals surface area contributed by atoms with Gasteiger partial charge in [-0.3, -0.25) is 9.59 Å². The molecule has 0 radical (unpaired) electrons. The molecule has 3 rings (SSSR count). The number of carbonyl (C=O) groups excluding carboxylic acids is 2. The highest BCUT2D eigenvalue weighted by atomic mass is 19.4. The summed E-state index contributed by atoms with van der Waals surface area (Å²) < 4.78 is 43.0. The first kappa shape index (κ1) is 18.5. The first-order valence-electron chi connectivity index (χ1n) is 7.96. The second kappa shape index (κ2) is 7.14. The summed E-state index contributed by atoms with van der Waals surface area (Å²) >= 11 is 0. The molecule has 1 aliphatic rings. The number of halogens is 3. The molecule has 2 N–H and O–H groups in total. The quantitative estimate of drug-likeness (QED) is 0.842. The number of fused-ring (bicyclic) bond motifs is 1. The molecule has 0 saturated heterocycles. The fourth-order valence-electron chi connectivity index (χ4n) is 2.42. The molecule has 0 unspecified atom stereocenters. The Bertz CT molecular complexity index is 919. The van der Waals surface area contributed by atoms with Crippen molar-refractivity contribution in [1.29, 1.82) is 0 Å². The molecule has 2 aromatic carbocycles. The van der Waals surface area contributed by atoms with Crippen LogP contribution in [0.25, 0.3) is 6.08 Å². The van der Waals surface area contributed by atoms with Crippen molar-refractivity contribution in [2.75, 3.05) is 17.2 Å². The summed E-state index contributed by atoms with van der Waals surface area (Å²) in [6, 6.07) is 10.6. The number of amides is 2. The number of hydrogen-bond acceptors (Lipinski definition) is 3. The SMILES string of the molecule is C/C(=C\c1ccc(C(=O)Nc2ccc3c(c2)OCC(=O)N3)cc1)C(F)(F)F. The molecule has 0 aromatic heterocycles. The number of hydrogen-bond donors (Lipinski definition) is 2. The first-order valence-corrected chi connectivity index (χ1v) is 7.96. The highest BCUT2D eigenvalue weighted by Gasteiger charge is 2.29. The van der Waals surface area contributed by atoms with Crippen molar-refractivity contribution < 1.29 is 27.5 Å². The van der Waals surface area contributed by atoms with Gasteiger partial charge in [0.25, 0.3) is 11.8 Å². The van der Waals surface area contributed by atoms with Crippen LogP contribution in [0, 0.1) is 0 Å². The maximum atomic E-state index is 12.6. The second-order valence-electron chi connectivity index (χ2n) is 5.95. The van der Waals surface area contributed by atoms with Gasteiger partial charge in [-0.15, -0.1) is 0 Å². The maximum absolute atomic E-state index is 12.6. The van der Waals surface area contributed by atoms with Gasteiger partial charge in [-0.05, 0) is 42.8 Å². The zero-order valence-corrected chi connectivity index (χ0v) is 14.2. The highest BCUT2D eigenvalue weighted by Crippen LogP contribution is 2.31. The van der Waals surface area contributed by atoms with Crippen LogP contribution in [0.3, 0.4) is 0 Å². The van der Waals surface area contributed by atoms with Gasteiger partial charge in [-0.1, -0.05) is 12.1 Å². The molecule has 5 nitrogen and oxygen atoms in total. The molecule has 0 fully saturated rings. The molecule has 8 heteroatoms. The van der Waals surface area contributed by atoms with Crippen LogP contribution in [0.4, 0.5) is 24.5 Å². The molecule has 0 saturated carbocycles. The minimum Gasteiger partial charge on any atom is -0.482 e. The van der Waals surface area contributed by atoms with E-state index in [0.29, 0.717) is 28.3 Å². The molecule has 1 heterocycles. The monoisotopic (exact) mass is 376 g/mol. The number of anilines is 2. The minimum atomic E-state index is -4.38. The summed E-state index contributed by atoms with van der Waals surface area (Å²) in [5, 5.41) is 5.32. The van der Waals surface area contributed by atoms with E-state index in [1.807, 2.05) is 0 Å². The number of allylic oxidation sites excluding steroid dienone is 1. The smallest absolute Gasteiger partial charge is 0.412 e. The Kier molecular flexibility index (Phi) is 4.89. The van der Waals surface area contributed by atoms with Crippen molar-refractivity contribution in [2.45, 2.75) is 13.1 Å². The van der Waals surface area contributed by atoms with E-state index in [9.17, 15) is 22.8 Å². The van der Waals surface area contributed by atoms with Crippen LogP contribution in [0.2, 0.25) is 0 Å². The number of rotatable bonds is 3. The van der Waals surface area contributed by atoms with Crippen LogP contribution < -0.4 is 15.4 Å². The van der Waals surface area contributed by atoms with Crippen LogP contribution in [0.1, 0.15) is 22.8 Å². The Morgan fingerprint density at radius 2 is 1.89 bits per heavy atom. The van der Waals surface area contributed by atoms with Gasteiger partial charge < -0.3 is 15.4 Å². The Morgan fingerprint density at radius 3 is 2.56 bits per heavy atom. The molecular weight excluding hydrogens is 361 g/mol. The Hall–Kier alpha value is -3.29. The van der Waals surface area contributed by atoms with Crippen molar-refractivity contribution in [3.8, 4) is 5.75 Å². The Morgan fingerprint density at radius 1 is 1.19 bits per heavy atom. The van der Waals surface area contributed by atoms with Gasteiger partial charge in [0.1, 0.15) is 5.75 Å². The average molecular weight is 376 g/mol. The zero-order valence-electron chi connectivity index (χ0n) is 14.2. The average Bonchev–Trinajstić information content (AvgIpc) is 2.61. The lowest BCUT2D eigenvalue weighted by Crippen LogP contribution is -2.25. The van der Waals surface area contributed by atoms with E-state index in [4.69, 9.17) is 4.74 Å². The third-order valence-electron chi connectivity index (χ3n) is 3.88. The van der Waals surface area contributed by atoms with Crippen molar-refractivity contribution in [3.63, 3.8) is 0 Å². The standard InChI is InChI=1S/C19H15F3N2O3/c1-11(19(20,21)22)8-12-2-4-13(5-3-12)18(26)23-14-6-7-15-16(9-14)27-10-17(25)24-15/h2-9H,10H2,1H3,(H,23,26)(H,24,25)/b11-8+. The van der Waals surface area contributed by atoms with Crippen molar-refractivity contribution in [3.05, 3.63) is 59.2 Å². The summed E-state index contributed by atoms with van der Waals surface area (Å²) in [5.74, 6) is -0.234. The minimum absolute atomic E-state index is 0.100. The fourth-order valence-corrected chi connectivity index (χ4v) is 2.42. The molecule has 1 aliphatic heterocycles. The van der Waals surface area contributed by atoms with Crippen LogP contribution in [-0.4, -0.2) is 24.6 Å². The largest absolute Gasteiger partial charge is 0.482 e. The van der Waals surface area contributed by atoms with Crippen LogP contribution in [0.5, 0.6) is 5.75 Å². The number of ether oxygens (including phenoxy) is 1. The summed E-state index contributed by atoms with van der Waals surface area (Å²) in [7, 11) is 0. The summed E-state index contributed by atoms with van der Waals surface area (Å²) in [6.45, 7) is 0.887. The van der Waals surface area contributed by atoms with E-state index in [2.05, 4.69) is 10.6 Å². The summed E-state index contributed by atoms with van der Waals surface area (Å²) in [6.07, 6.45) is -3.37. The number of nitrogens with one attached hydrogen (secondary N) is 2. The molecule has 0 atom stereocenters. The fraction of sp³-hybridized carbons (Fsp3) is 0.158. The van der Waals surface area contributed by atoms with Gasteiger partial charge in [0.05, 0.1) is 5.69 Å². The van der Waals surface area contributed by atoms with Gasteiger partial charge >= 0.3 is 6.18 Å². The Balaban J connectivity index is 1.71. The van der Waals surface area contributed by atoms with Crippen molar-refractivity contribution in [2.24, 2.45) is 0 Å². The lowest BCUT2D eigenvalue weighted by molar-refractivity contribution is -0.118. The van der Waals surface area contributed by atoms with Gasteiger partial charge in [-0.25, -0.2) is 0 Å². The van der Waals surface area contributed by atoms with E-state index >= 15 is 0 Å². The predicted molar refractivity (Wildman–Crippen MR) is 94.7 cm³/mol. The van der Waals surface area contributed by atoms with E-state index < -0.39 is 17.7 Å². The van der Waals surface area contributed by atoms with Gasteiger partial charge in [0.2, 0.25) is 0 Å². The lowest BCUT2D eigenvalue weighted by atomic mass is 10.1. The molecule has 0 aliphatic carbocycles. The lowest BCUT2D eigenvalue weighted by Gasteiger charge is -2.18. The third kappa shape index (κ3) is 4.46. The molecule has 2 aromatic rings. The predicted octanol–water partition coefficient (Wildman–Crippen LogP) is 4.24. The van der Waals surface area contributed by atoms with Gasteiger partial charge in [-0.2, -0.15) is 13.2 Å². The second-order valence-corrected chi connectivity index (χ2v) is 5.95. The van der Waals surface area contributed by atoms with E-state index in [1.54, 1.807) is 18.2 Å².